The number of carbonyl (C=O) groups is 1. The number of rotatable bonds is 5. The molecule has 0 spiro atoms. The Hall–Kier alpha value is -1.74. The number of nitrogens with zero attached hydrogens (tertiary/aromatic N) is 1. The second-order valence-corrected chi connectivity index (χ2v) is 7.00. The van der Waals surface area contributed by atoms with Gasteiger partial charge in [0, 0.05) is 0 Å². The molecule has 7 heteroatoms. The standard InChI is InChI=1S/C19H21ClF3NO2/c1-2-26-18(25)16(20)10-12-8-14(11-24)17(13-6-4-3-5-7-13)15(9-12)19(21,22)23/h8-9,13,16H,2-7,10H2,1H3. The van der Waals surface area contributed by atoms with Gasteiger partial charge in [-0.15, -0.1) is 11.6 Å². The molecular weight excluding hydrogens is 367 g/mol. The molecular formula is C19H21ClF3NO2. The molecule has 0 aliphatic heterocycles. The Kier molecular flexibility index (Phi) is 6.94. The van der Waals surface area contributed by atoms with Gasteiger partial charge in [-0.25, -0.2) is 0 Å². The first kappa shape index (κ1) is 20.6. The van der Waals surface area contributed by atoms with Crippen LogP contribution in [0.3, 0.4) is 0 Å². The molecule has 3 nitrogen and oxygen atoms in total. The molecule has 0 heterocycles. The first-order valence-corrected chi connectivity index (χ1v) is 9.16. The van der Waals surface area contributed by atoms with Crippen LogP contribution < -0.4 is 0 Å². The van der Waals surface area contributed by atoms with E-state index >= 15 is 0 Å². The summed E-state index contributed by atoms with van der Waals surface area (Å²) in [6.45, 7) is 1.76. The van der Waals surface area contributed by atoms with Crippen molar-refractivity contribution in [1.82, 2.24) is 0 Å². The summed E-state index contributed by atoms with van der Waals surface area (Å²) in [5.41, 5.74) is -0.465. The third-order valence-corrected chi connectivity index (χ3v) is 4.97. The van der Waals surface area contributed by atoms with Crippen molar-refractivity contribution < 1.29 is 22.7 Å². The van der Waals surface area contributed by atoms with E-state index in [9.17, 15) is 23.2 Å². The molecule has 142 valence electrons. The molecule has 1 aliphatic carbocycles. The SMILES string of the molecule is CCOC(=O)C(Cl)Cc1cc(C#N)c(C2CCCCC2)c(C(F)(F)F)c1. The van der Waals surface area contributed by atoms with Gasteiger partial charge >= 0.3 is 12.1 Å². The molecule has 0 bridgehead atoms. The highest BCUT2D eigenvalue weighted by atomic mass is 35.5. The fourth-order valence-corrected chi connectivity index (χ4v) is 3.75. The number of benzene rings is 1. The van der Waals surface area contributed by atoms with Gasteiger partial charge in [-0.05, 0) is 55.4 Å². The number of nitriles is 1. The lowest BCUT2D eigenvalue weighted by Gasteiger charge is -2.27. The Balaban J connectivity index is 2.44. The molecule has 1 aromatic rings. The van der Waals surface area contributed by atoms with Crippen molar-refractivity contribution in [2.24, 2.45) is 0 Å². The predicted octanol–water partition coefficient (Wildman–Crippen LogP) is 5.34. The summed E-state index contributed by atoms with van der Waals surface area (Å²) < 4.78 is 45.8. The molecule has 1 aliphatic rings. The molecule has 0 radical (unpaired) electrons. The van der Waals surface area contributed by atoms with E-state index in [0.717, 1.165) is 25.3 Å². The van der Waals surface area contributed by atoms with E-state index in [1.807, 2.05) is 6.07 Å². The van der Waals surface area contributed by atoms with Gasteiger partial charge in [0.15, 0.2) is 0 Å². The van der Waals surface area contributed by atoms with E-state index in [0.29, 0.717) is 12.8 Å². The molecule has 0 amide bonds. The lowest BCUT2D eigenvalue weighted by molar-refractivity contribution is -0.142. The zero-order chi connectivity index (χ0) is 19.3. The summed E-state index contributed by atoms with van der Waals surface area (Å²) in [5, 5.41) is 8.35. The van der Waals surface area contributed by atoms with Crippen molar-refractivity contribution in [3.05, 3.63) is 34.4 Å². The minimum absolute atomic E-state index is 0.0226. The largest absolute Gasteiger partial charge is 0.465 e. The first-order chi connectivity index (χ1) is 12.3. The maximum absolute atomic E-state index is 13.7. The van der Waals surface area contributed by atoms with Crippen molar-refractivity contribution in [2.45, 2.75) is 62.9 Å². The van der Waals surface area contributed by atoms with Crippen LogP contribution in [0.4, 0.5) is 13.2 Å². The highest BCUT2D eigenvalue weighted by Gasteiger charge is 2.37. The van der Waals surface area contributed by atoms with E-state index in [1.165, 1.54) is 6.07 Å². The van der Waals surface area contributed by atoms with Crippen LogP contribution in [0.15, 0.2) is 12.1 Å². The fraction of sp³-hybridized carbons (Fsp3) is 0.579. The monoisotopic (exact) mass is 387 g/mol. The zero-order valence-electron chi connectivity index (χ0n) is 14.5. The third kappa shape index (κ3) is 4.91. The van der Waals surface area contributed by atoms with E-state index in [-0.39, 0.29) is 35.6 Å². The summed E-state index contributed by atoms with van der Waals surface area (Å²) in [6.07, 6.45) is -0.660. The van der Waals surface area contributed by atoms with Crippen LogP contribution in [-0.4, -0.2) is 18.0 Å². The number of alkyl halides is 4. The maximum atomic E-state index is 13.7. The smallest absolute Gasteiger partial charge is 0.416 e. The number of halogens is 4. The maximum Gasteiger partial charge on any atom is 0.416 e. The summed E-state index contributed by atoms with van der Waals surface area (Å²) in [7, 11) is 0. The van der Waals surface area contributed by atoms with Crippen LogP contribution in [0.1, 0.15) is 67.2 Å². The minimum Gasteiger partial charge on any atom is -0.465 e. The van der Waals surface area contributed by atoms with Crippen LogP contribution in [0, 0.1) is 11.3 Å². The van der Waals surface area contributed by atoms with E-state index < -0.39 is 23.1 Å². The van der Waals surface area contributed by atoms with Crippen molar-refractivity contribution in [3.63, 3.8) is 0 Å². The van der Waals surface area contributed by atoms with Gasteiger partial charge < -0.3 is 4.74 Å². The van der Waals surface area contributed by atoms with E-state index in [4.69, 9.17) is 16.3 Å². The van der Waals surface area contributed by atoms with Crippen molar-refractivity contribution in [1.29, 1.82) is 5.26 Å². The summed E-state index contributed by atoms with van der Waals surface area (Å²) in [5.74, 6) is -0.946. The average Bonchev–Trinajstić information content (AvgIpc) is 2.61. The van der Waals surface area contributed by atoms with Crippen LogP contribution in [-0.2, 0) is 22.1 Å². The van der Waals surface area contributed by atoms with E-state index in [2.05, 4.69) is 0 Å². The number of carbonyl (C=O) groups excluding carboxylic acids is 1. The quantitative estimate of drug-likeness (QED) is 0.506. The molecule has 1 fully saturated rings. The number of ether oxygens (including phenoxy) is 1. The van der Waals surface area contributed by atoms with Crippen molar-refractivity contribution >= 4 is 17.6 Å². The Labute approximate surface area is 156 Å². The van der Waals surface area contributed by atoms with Crippen LogP contribution in [0.25, 0.3) is 0 Å². The van der Waals surface area contributed by atoms with E-state index in [1.54, 1.807) is 6.92 Å². The second kappa shape index (κ2) is 8.77. The van der Waals surface area contributed by atoms with Crippen LogP contribution in [0.5, 0.6) is 0 Å². The molecule has 26 heavy (non-hydrogen) atoms. The van der Waals surface area contributed by atoms with Gasteiger partial charge in [-0.3, -0.25) is 4.79 Å². The first-order valence-electron chi connectivity index (χ1n) is 8.72. The van der Waals surface area contributed by atoms with Gasteiger partial charge in [0.05, 0.1) is 23.8 Å². The lowest BCUT2D eigenvalue weighted by Crippen LogP contribution is -2.21. The van der Waals surface area contributed by atoms with Gasteiger partial charge in [0.2, 0.25) is 0 Å². The van der Waals surface area contributed by atoms with Gasteiger partial charge in [0.1, 0.15) is 5.38 Å². The number of esters is 1. The highest BCUT2D eigenvalue weighted by molar-refractivity contribution is 6.30. The Morgan fingerprint density at radius 3 is 2.54 bits per heavy atom. The lowest BCUT2D eigenvalue weighted by atomic mass is 9.79. The van der Waals surface area contributed by atoms with Crippen LogP contribution in [0.2, 0.25) is 0 Å². The second-order valence-electron chi connectivity index (χ2n) is 6.47. The number of hydrogen-bond acceptors (Lipinski definition) is 3. The summed E-state index contributed by atoms with van der Waals surface area (Å²) in [4.78, 5) is 11.7. The summed E-state index contributed by atoms with van der Waals surface area (Å²) >= 11 is 5.96. The van der Waals surface area contributed by atoms with Gasteiger partial charge in [0.25, 0.3) is 0 Å². The molecule has 1 aromatic carbocycles. The predicted molar refractivity (Wildman–Crippen MR) is 92.0 cm³/mol. The molecule has 1 saturated carbocycles. The molecule has 1 atom stereocenters. The summed E-state index contributed by atoms with van der Waals surface area (Å²) in [6, 6.07) is 4.37. The number of hydrogen-bond donors (Lipinski definition) is 0. The molecule has 0 saturated heterocycles. The van der Waals surface area contributed by atoms with Gasteiger partial charge in [-0.1, -0.05) is 19.3 Å². The zero-order valence-corrected chi connectivity index (χ0v) is 15.3. The highest BCUT2D eigenvalue weighted by Crippen LogP contribution is 2.43. The van der Waals surface area contributed by atoms with Crippen LogP contribution >= 0.6 is 11.6 Å². The van der Waals surface area contributed by atoms with Crippen molar-refractivity contribution in [2.75, 3.05) is 6.61 Å². The minimum atomic E-state index is -4.57. The Morgan fingerprint density at radius 2 is 2.00 bits per heavy atom. The fourth-order valence-electron chi connectivity index (χ4n) is 3.51. The normalized spacial score (nSPS) is 16.8. The van der Waals surface area contributed by atoms with Gasteiger partial charge in [-0.2, -0.15) is 18.4 Å². The Morgan fingerprint density at radius 1 is 1.35 bits per heavy atom. The average molecular weight is 388 g/mol. The Bertz CT molecular complexity index is 691. The topological polar surface area (TPSA) is 50.1 Å². The molecule has 0 N–H and O–H groups in total. The molecule has 2 rings (SSSR count). The molecule has 0 aromatic heterocycles. The molecule has 1 unspecified atom stereocenters. The van der Waals surface area contributed by atoms with Crippen molar-refractivity contribution in [3.8, 4) is 6.07 Å². The third-order valence-electron chi connectivity index (χ3n) is 4.64.